The van der Waals surface area contributed by atoms with Crippen molar-refractivity contribution in [2.24, 2.45) is 0 Å². The van der Waals surface area contributed by atoms with Gasteiger partial charge in [-0.15, -0.1) is 0 Å². The summed E-state index contributed by atoms with van der Waals surface area (Å²) in [5, 5.41) is 11.5. The first-order valence-electron chi connectivity index (χ1n) is 9.95. The molecule has 3 rings (SSSR count). The summed E-state index contributed by atoms with van der Waals surface area (Å²) in [6.45, 7) is 8.77. The summed E-state index contributed by atoms with van der Waals surface area (Å²) in [6.07, 6.45) is 1.73. The van der Waals surface area contributed by atoms with Crippen molar-refractivity contribution in [2.75, 3.05) is 33.4 Å². The van der Waals surface area contributed by atoms with Crippen LogP contribution in [0.25, 0.3) is 22.3 Å². The quantitative estimate of drug-likeness (QED) is 0.545. The zero-order valence-corrected chi connectivity index (χ0v) is 17.5. The average Bonchev–Trinajstić information content (AvgIpc) is 3.14. The van der Waals surface area contributed by atoms with Crippen LogP contribution in [0.3, 0.4) is 0 Å². The maximum absolute atomic E-state index is 13.0. The Morgan fingerprint density at radius 1 is 1.21 bits per heavy atom. The third-order valence-corrected chi connectivity index (χ3v) is 4.79. The highest BCUT2D eigenvalue weighted by atomic mass is 16.5. The van der Waals surface area contributed by atoms with Crippen LogP contribution in [0.2, 0.25) is 0 Å². The molecule has 154 valence electrons. The average molecular weight is 396 g/mol. The Balaban J connectivity index is 1.93. The molecule has 2 N–H and O–H groups in total. The molecule has 7 nitrogen and oxygen atoms in total. The van der Waals surface area contributed by atoms with E-state index >= 15 is 0 Å². The summed E-state index contributed by atoms with van der Waals surface area (Å²) in [4.78, 5) is 17.8. The standard InChI is InChI=1S/C22H29N5O2/c1-15(2)27-21-19(14-25-27)18(22(28)24-10-9-23-11-12-29-4)13-20(26-21)17-8-6-5-7-16(17)3/h5-8,13-15,23H,9-12H2,1-4H3,(H,24,28). The zero-order chi connectivity index (χ0) is 20.8. The Morgan fingerprint density at radius 3 is 2.72 bits per heavy atom. The smallest absolute Gasteiger partial charge is 0.252 e. The Hall–Kier alpha value is -2.77. The largest absolute Gasteiger partial charge is 0.383 e. The van der Waals surface area contributed by atoms with Crippen molar-refractivity contribution < 1.29 is 9.53 Å². The monoisotopic (exact) mass is 395 g/mol. The van der Waals surface area contributed by atoms with Gasteiger partial charge in [-0.25, -0.2) is 9.67 Å². The molecular weight excluding hydrogens is 366 g/mol. The molecule has 0 unspecified atom stereocenters. The number of carbonyl (C=O) groups excluding carboxylic acids is 1. The van der Waals surface area contributed by atoms with E-state index in [4.69, 9.17) is 9.72 Å². The number of amides is 1. The number of pyridine rings is 1. The first kappa shape index (κ1) is 21.0. The third-order valence-electron chi connectivity index (χ3n) is 4.79. The molecule has 2 heterocycles. The van der Waals surface area contributed by atoms with Crippen LogP contribution in [0.15, 0.2) is 36.5 Å². The summed E-state index contributed by atoms with van der Waals surface area (Å²) < 4.78 is 6.87. The predicted octanol–water partition coefficient (Wildman–Crippen LogP) is 2.95. The molecule has 0 fully saturated rings. The number of carbonyl (C=O) groups is 1. The fraction of sp³-hybridized carbons (Fsp3) is 0.409. The van der Waals surface area contributed by atoms with Crippen molar-refractivity contribution >= 4 is 16.9 Å². The van der Waals surface area contributed by atoms with E-state index in [1.54, 1.807) is 13.3 Å². The normalized spacial score (nSPS) is 11.3. The lowest BCUT2D eigenvalue weighted by Crippen LogP contribution is -2.33. The second-order valence-electron chi connectivity index (χ2n) is 7.29. The van der Waals surface area contributed by atoms with Crippen LogP contribution in [-0.2, 0) is 4.74 Å². The first-order valence-corrected chi connectivity index (χ1v) is 9.95. The van der Waals surface area contributed by atoms with Gasteiger partial charge in [0.1, 0.15) is 0 Å². The molecule has 0 bridgehead atoms. The SMILES string of the molecule is COCCNCCNC(=O)c1cc(-c2ccccc2C)nc2c1cnn2C(C)C. The van der Waals surface area contributed by atoms with Gasteiger partial charge in [0.2, 0.25) is 0 Å². The fourth-order valence-corrected chi connectivity index (χ4v) is 3.24. The van der Waals surface area contributed by atoms with Crippen LogP contribution < -0.4 is 10.6 Å². The highest BCUT2D eigenvalue weighted by Crippen LogP contribution is 2.28. The van der Waals surface area contributed by atoms with E-state index in [0.29, 0.717) is 25.3 Å². The van der Waals surface area contributed by atoms with Crippen LogP contribution >= 0.6 is 0 Å². The minimum Gasteiger partial charge on any atom is -0.383 e. The number of rotatable bonds is 9. The molecule has 0 radical (unpaired) electrons. The van der Waals surface area contributed by atoms with E-state index in [1.807, 2.05) is 41.9 Å². The van der Waals surface area contributed by atoms with Gasteiger partial charge in [-0.1, -0.05) is 24.3 Å². The Bertz CT molecular complexity index is 980. The van der Waals surface area contributed by atoms with Crippen LogP contribution in [0, 0.1) is 6.92 Å². The number of benzene rings is 1. The topological polar surface area (TPSA) is 81.1 Å². The zero-order valence-electron chi connectivity index (χ0n) is 17.5. The lowest BCUT2D eigenvalue weighted by Gasteiger charge is -2.12. The van der Waals surface area contributed by atoms with Gasteiger partial charge >= 0.3 is 0 Å². The second-order valence-corrected chi connectivity index (χ2v) is 7.29. The van der Waals surface area contributed by atoms with Gasteiger partial charge in [0.15, 0.2) is 5.65 Å². The van der Waals surface area contributed by atoms with Gasteiger partial charge in [0.05, 0.1) is 29.4 Å². The van der Waals surface area contributed by atoms with E-state index < -0.39 is 0 Å². The molecule has 1 aromatic carbocycles. The van der Waals surface area contributed by atoms with E-state index in [9.17, 15) is 4.79 Å². The maximum atomic E-state index is 13.0. The highest BCUT2D eigenvalue weighted by Gasteiger charge is 2.18. The van der Waals surface area contributed by atoms with Crippen LogP contribution in [-0.4, -0.2) is 54.0 Å². The Labute approximate surface area is 171 Å². The summed E-state index contributed by atoms with van der Waals surface area (Å²) >= 11 is 0. The molecule has 7 heteroatoms. The van der Waals surface area contributed by atoms with Gasteiger partial charge in [-0.2, -0.15) is 5.10 Å². The Kier molecular flexibility index (Phi) is 6.95. The molecule has 2 aromatic heterocycles. The van der Waals surface area contributed by atoms with Crippen molar-refractivity contribution in [1.29, 1.82) is 0 Å². The summed E-state index contributed by atoms with van der Waals surface area (Å²) in [5.41, 5.74) is 4.23. The molecule has 0 spiro atoms. The number of aryl methyl sites for hydroxylation is 1. The maximum Gasteiger partial charge on any atom is 0.252 e. The van der Waals surface area contributed by atoms with Crippen LogP contribution in [0.1, 0.15) is 35.8 Å². The van der Waals surface area contributed by atoms with Gasteiger partial charge in [0, 0.05) is 38.3 Å². The predicted molar refractivity (Wildman–Crippen MR) is 115 cm³/mol. The van der Waals surface area contributed by atoms with Crippen LogP contribution in [0.4, 0.5) is 0 Å². The van der Waals surface area contributed by atoms with Crippen LogP contribution in [0.5, 0.6) is 0 Å². The number of methoxy groups -OCH3 is 1. The Morgan fingerprint density at radius 2 is 2.00 bits per heavy atom. The minimum absolute atomic E-state index is 0.121. The van der Waals surface area contributed by atoms with Gasteiger partial charge in [-0.05, 0) is 32.4 Å². The molecular formula is C22H29N5O2. The lowest BCUT2D eigenvalue weighted by molar-refractivity contribution is 0.0955. The lowest BCUT2D eigenvalue weighted by atomic mass is 10.0. The summed E-state index contributed by atoms with van der Waals surface area (Å²) in [7, 11) is 1.67. The molecule has 1 amide bonds. The second kappa shape index (κ2) is 9.62. The number of hydrogen-bond donors (Lipinski definition) is 2. The number of hydrogen-bond acceptors (Lipinski definition) is 5. The fourth-order valence-electron chi connectivity index (χ4n) is 3.24. The molecule has 3 aromatic rings. The number of ether oxygens (including phenoxy) is 1. The van der Waals surface area contributed by atoms with Gasteiger partial charge in [-0.3, -0.25) is 4.79 Å². The number of aromatic nitrogens is 3. The molecule has 0 aliphatic carbocycles. The van der Waals surface area contributed by atoms with Crippen molar-refractivity contribution in [3.63, 3.8) is 0 Å². The third kappa shape index (κ3) is 4.81. The number of nitrogens with zero attached hydrogens (tertiary/aromatic N) is 3. The summed E-state index contributed by atoms with van der Waals surface area (Å²) in [6, 6.07) is 10.1. The van der Waals surface area contributed by atoms with Crippen molar-refractivity contribution in [2.45, 2.75) is 26.8 Å². The van der Waals surface area contributed by atoms with Gasteiger partial charge in [0.25, 0.3) is 5.91 Å². The van der Waals surface area contributed by atoms with E-state index in [2.05, 4.69) is 29.6 Å². The highest BCUT2D eigenvalue weighted by molar-refractivity contribution is 6.06. The molecule has 0 aliphatic rings. The summed E-state index contributed by atoms with van der Waals surface area (Å²) in [5.74, 6) is -0.121. The minimum atomic E-state index is -0.121. The van der Waals surface area contributed by atoms with Gasteiger partial charge < -0.3 is 15.4 Å². The van der Waals surface area contributed by atoms with E-state index in [0.717, 1.165) is 34.4 Å². The number of fused-ring (bicyclic) bond motifs is 1. The van der Waals surface area contributed by atoms with Crippen molar-refractivity contribution in [1.82, 2.24) is 25.4 Å². The molecule has 0 aliphatic heterocycles. The first-order chi connectivity index (χ1) is 14.0. The molecule has 0 saturated carbocycles. The molecule has 29 heavy (non-hydrogen) atoms. The van der Waals surface area contributed by atoms with Crippen molar-refractivity contribution in [3.8, 4) is 11.3 Å². The van der Waals surface area contributed by atoms with E-state index in [-0.39, 0.29) is 11.9 Å². The number of nitrogens with one attached hydrogen (secondary N) is 2. The van der Waals surface area contributed by atoms with E-state index in [1.165, 1.54) is 0 Å². The van der Waals surface area contributed by atoms with Crippen molar-refractivity contribution in [3.05, 3.63) is 47.7 Å². The molecule has 0 atom stereocenters. The molecule has 0 saturated heterocycles.